The second-order valence-electron chi connectivity index (χ2n) is 10.2. The highest BCUT2D eigenvalue weighted by molar-refractivity contribution is 5.86. The molecule has 0 aromatic rings. The summed E-state index contributed by atoms with van der Waals surface area (Å²) in [5.41, 5.74) is 0. The van der Waals surface area contributed by atoms with Crippen LogP contribution in [0.15, 0.2) is 0 Å². The van der Waals surface area contributed by atoms with Crippen molar-refractivity contribution in [2.45, 2.75) is 117 Å². The Morgan fingerprint density at radius 3 is 1.14 bits per heavy atom. The Morgan fingerprint density at radius 2 is 0.833 bits per heavy atom. The molecule has 1 saturated carbocycles. The molecule has 0 radical (unpaired) electrons. The van der Waals surface area contributed by atoms with Gasteiger partial charge in [-0.2, -0.15) is 0 Å². The fourth-order valence-electron chi connectivity index (χ4n) is 4.95. The van der Waals surface area contributed by atoms with Crippen LogP contribution in [-0.4, -0.2) is 47.3 Å². The number of hydrogen-bond donors (Lipinski definition) is 2. The summed E-state index contributed by atoms with van der Waals surface area (Å²) in [7, 11) is 0. The monoisotopic (exact) mass is 512 g/mol. The SMILES string of the molecule is CCCCCCCCCOC(=O)C1CC(C(=O)O)C(C(=O)O)CC1C(=O)OCCCCCCCCC. The summed E-state index contributed by atoms with van der Waals surface area (Å²) >= 11 is 0. The van der Waals surface area contributed by atoms with E-state index in [-0.39, 0.29) is 26.1 Å². The van der Waals surface area contributed by atoms with Crippen molar-refractivity contribution in [2.24, 2.45) is 23.7 Å². The van der Waals surface area contributed by atoms with Crippen LogP contribution in [-0.2, 0) is 28.7 Å². The summed E-state index contributed by atoms with van der Waals surface area (Å²) in [4.78, 5) is 49.2. The molecule has 36 heavy (non-hydrogen) atoms. The molecule has 4 unspecified atom stereocenters. The molecule has 0 aromatic heterocycles. The molecule has 0 bridgehead atoms. The van der Waals surface area contributed by atoms with Gasteiger partial charge in [-0.3, -0.25) is 19.2 Å². The quantitative estimate of drug-likeness (QED) is 0.150. The number of aliphatic carboxylic acids is 2. The third-order valence-electron chi connectivity index (χ3n) is 7.21. The number of carbonyl (C=O) groups is 4. The topological polar surface area (TPSA) is 127 Å². The first-order chi connectivity index (χ1) is 17.3. The Morgan fingerprint density at radius 1 is 0.528 bits per heavy atom. The molecule has 8 heteroatoms. The van der Waals surface area contributed by atoms with Crippen molar-refractivity contribution < 1.29 is 38.9 Å². The van der Waals surface area contributed by atoms with E-state index in [1.54, 1.807) is 0 Å². The molecule has 1 fully saturated rings. The minimum Gasteiger partial charge on any atom is -0.481 e. The third-order valence-corrected chi connectivity index (χ3v) is 7.21. The molecule has 1 rings (SSSR count). The van der Waals surface area contributed by atoms with E-state index >= 15 is 0 Å². The van der Waals surface area contributed by atoms with Crippen LogP contribution in [0.5, 0.6) is 0 Å². The van der Waals surface area contributed by atoms with Gasteiger partial charge in [0, 0.05) is 0 Å². The zero-order valence-electron chi connectivity index (χ0n) is 22.4. The second-order valence-corrected chi connectivity index (χ2v) is 10.2. The molecule has 0 amide bonds. The van der Waals surface area contributed by atoms with Gasteiger partial charge in [-0.05, 0) is 25.7 Å². The number of unbranched alkanes of at least 4 members (excludes halogenated alkanes) is 12. The number of carboxylic acid groups (broad SMARTS) is 2. The standard InChI is InChI=1S/C28H48O8/c1-3-5-7-9-11-13-15-17-35-27(33)23-19-21(25(29)30)22(26(31)32)20-24(23)28(34)36-18-16-14-12-10-8-6-4-2/h21-24H,3-20H2,1-2H3,(H,29,30)(H,31,32). The minimum atomic E-state index is -1.28. The van der Waals surface area contributed by atoms with Gasteiger partial charge in [0.05, 0.1) is 36.9 Å². The van der Waals surface area contributed by atoms with Crippen LogP contribution < -0.4 is 0 Å². The van der Waals surface area contributed by atoms with E-state index in [1.807, 2.05) is 0 Å². The molecule has 8 nitrogen and oxygen atoms in total. The summed E-state index contributed by atoms with van der Waals surface area (Å²) in [6.45, 7) is 4.75. The van der Waals surface area contributed by atoms with Gasteiger partial charge in [0.2, 0.25) is 0 Å². The molecule has 1 aliphatic rings. The van der Waals surface area contributed by atoms with Gasteiger partial charge in [0.1, 0.15) is 0 Å². The Labute approximate surface area is 216 Å². The smallest absolute Gasteiger partial charge is 0.309 e. The molecule has 4 atom stereocenters. The van der Waals surface area contributed by atoms with Gasteiger partial charge in [0.25, 0.3) is 0 Å². The largest absolute Gasteiger partial charge is 0.481 e. The van der Waals surface area contributed by atoms with E-state index in [9.17, 15) is 29.4 Å². The third kappa shape index (κ3) is 12.2. The van der Waals surface area contributed by atoms with E-state index in [0.717, 1.165) is 38.5 Å². The number of carboxylic acids is 2. The lowest BCUT2D eigenvalue weighted by Crippen LogP contribution is -2.46. The van der Waals surface area contributed by atoms with E-state index in [0.29, 0.717) is 12.8 Å². The number of carbonyl (C=O) groups excluding carboxylic acids is 2. The van der Waals surface area contributed by atoms with E-state index in [1.165, 1.54) is 38.5 Å². The van der Waals surface area contributed by atoms with Gasteiger partial charge in [-0.15, -0.1) is 0 Å². The Balaban J connectivity index is 2.63. The van der Waals surface area contributed by atoms with Gasteiger partial charge in [0.15, 0.2) is 0 Å². The summed E-state index contributed by atoms with van der Waals surface area (Å²) in [5.74, 6) is -8.32. The number of hydrogen-bond acceptors (Lipinski definition) is 6. The number of ether oxygens (including phenoxy) is 2. The Bertz CT molecular complexity index is 606. The molecule has 1 aliphatic carbocycles. The first kappa shape index (κ1) is 31.9. The zero-order chi connectivity index (χ0) is 26.8. The molecule has 0 saturated heterocycles. The Kier molecular flexibility index (Phi) is 16.9. The lowest BCUT2D eigenvalue weighted by Gasteiger charge is -2.35. The van der Waals surface area contributed by atoms with Crippen LogP contribution in [0, 0.1) is 23.7 Å². The highest BCUT2D eigenvalue weighted by Gasteiger charge is 2.50. The second kappa shape index (κ2) is 19.1. The van der Waals surface area contributed by atoms with Gasteiger partial charge in [-0.1, -0.05) is 90.9 Å². The normalized spacial score (nSPS) is 21.6. The van der Waals surface area contributed by atoms with Crippen LogP contribution in [0.25, 0.3) is 0 Å². The molecule has 0 aliphatic heterocycles. The lowest BCUT2D eigenvalue weighted by atomic mass is 9.68. The first-order valence-electron chi connectivity index (χ1n) is 14.1. The van der Waals surface area contributed by atoms with Crippen LogP contribution in [0.3, 0.4) is 0 Å². The van der Waals surface area contributed by atoms with Gasteiger partial charge in [-0.25, -0.2) is 0 Å². The first-order valence-corrected chi connectivity index (χ1v) is 14.1. The highest BCUT2D eigenvalue weighted by atomic mass is 16.5. The van der Waals surface area contributed by atoms with Crippen molar-refractivity contribution in [3.63, 3.8) is 0 Å². The van der Waals surface area contributed by atoms with E-state index in [2.05, 4.69) is 13.8 Å². The fourth-order valence-corrected chi connectivity index (χ4v) is 4.95. The molecular formula is C28H48O8. The fraction of sp³-hybridized carbons (Fsp3) is 0.857. The zero-order valence-corrected chi connectivity index (χ0v) is 22.4. The highest BCUT2D eigenvalue weighted by Crippen LogP contribution is 2.40. The molecule has 0 spiro atoms. The predicted molar refractivity (Wildman–Crippen MR) is 136 cm³/mol. The molecular weight excluding hydrogens is 464 g/mol. The summed E-state index contributed by atoms with van der Waals surface area (Å²) in [5, 5.41) is 19.1. The Hall–Kier alpha value is -2.12. The van der Waals surface area contributed by atoms with Crippen LogP contribution in [0.2, 0.25) is 0 Å². The van der Waals surface area contributed by atoms with E-state index in [4.69, 9.17) is 9.47 Å². The number of esters is 2. The molecule has 0 aromatic carbocycles. The van der Waals surface area contributed by atoms with Crippen molar-refractivity contribution in [3.05, 3.63) is 0 Å². The van der Waals surface area contributed by atoms with Crippen LogP contribution in [0.1, 0.15) is 117 Å². The van der Waals surface area contributed by atoms with Crippen molar-refractivity contribution in [1.82, 2.24) is 0 Å². The van der Waals surface area contributed by atoms with Crippen LogP contribution >= 0.6 is 0 Å². The maximum absolute atomic E-state index is 12.9. The number of rotatable bonds is 20. The average Bonchev–Trinajstić information content (AvgIpc) is 2.85. The molecule has 208 valence electrons. The van der Waals surface area contributed by atoms with Crippen molar-refractivity contribution >= 4 is 23.9 Å². The maximum Gasteiger partial charge on any atom is 0.309 e. The summed E-state index contributed by atoms with van der Waals surface area (Å²) in [6.07, 6.45) is 14.4. The summed E-state index contributed by atoms with van der Waals surface area (Å²) < 4.78 is 10.8. The minimum absolute atomic E-state index is 0.211. The van der Waals surface area contributed by atoms with Gasteiger partial charge < -0.3 is 19.7 Å². The maximum atomic E-state index is 12.9. The van der Waals surface area contributed by atoms with Gasteiger partial charge >= 0.3 is 23.9 Å². The van der Waals surface area contributed by atoms with Crippen molar-refractivity contribution in [3.8, 4) is 0 Å². The summed E-state index contributed by atoms with van der Waals surface area (Å²) in [6, 6.07) is 0. The lowest BCUT2D eigenvalue weighted by molar-refractivity contribution is -0.172. The van der Waals surface area contributed by atoms with Crippen molar-refractivity contribution in [1.29, 1.82) is 0 Å². The van der Waals surface area contributed by atoms with E-state index < -0.39 is 47.5 Å². The molecule has 2 N–H and O–H groups in total. The predicted octanol–water partition coefficient (Wildman–Crippen LogP) is 6.00. The molecule has 0 heterocycles. The van der Waals surface area contributed by atoms with Crippen LogP contribution in [0.4, 0.5) is 0 Å². The average molecular weight is 513 g/mol. The van der Waals surface area contributed by atoms with Crippen molar-refractivity contribution in [2.75, 3.05) is 13.2 Å².